The molecule has 0 bridgehead atoms. The summed E-state index contributed by atoms with van der Waals surface area (Å²) in [6.07, 6.45) is 1.69. The third-order valence-electron chi connectivity index (χ3n) is 3.43. The number of rotatable bonds is 5. The molecule has 0 aliphatic carbocycles. The minimum absolute atomic E-state index is 0.0430. The molecule has 2 N–H and O–H groups in total. The monoisotopic (exact) mass is 375 g/mol. The Kier molecular flexibility index (Phi) is 4.98. The van der Waals surface area contributed by atoms with Gasteiger partial charge in [0.25, 0.3) is 0 Å². The van der Waals surface area contributed by atoms with Crippen LogP contribution in [0, 0.1) is 0 Å². The normalized spacial score (nSPS) is 11.4. The molecule has 0 fully saturated rings. The number of benzene rings is 2. The van der Waals surface area contributed by atoms with Gasteiger partial charge < -0.3 is 5.32 Å². The molecule has 0 aliphatic rings. The van der Waals surface area contributed by atoms with Gasteiger partial charge in [-0.3, -0.25) is 9.78 Å². The molecule has 0 spiro atoms. The van der Waals surface area contributed by atoms with E-state index in [-0.39, 0.29) is 11.4 Å². The molecule has 8 heteroatoms. The maximum Gasteiger partial charge on any atom is 0.241 e. The Morgan fingerprint density at radius 1 is 1.08 bits per heavy atom. The van der Waals surface area contributed by atoms with Gasteiger partial charge in [-0.15, -0.1) is 0 Å². The average molecular weight is 376 g/mol. The zero-order chi connectivity index (χ0) is 17.9. The average Bonchev–Trinajstić information content (AvgIpc) is 2.60. The number of fused-ring (bicyclic) bond motifs is 1. The number of sulfonamides is 1. The van der Waals surface area contributed by atoms with Crippen LogP contribution in [0.2, 0.25) is 5.02 Å². The highest BCUT2D eigenvalue weighted by atomic mass is 35.5. The fraction of sp³-hybridized carbons (Fsp3) is 0.0588. The number of carbonyl (C=O) groups is 1. The Labute approximate surface area is 149 Å². The zero-order valence-electron chi connectivity index (χ0n) is 12.9. The highest BCUT2D eigenvalue weighted by Crippen LogP contribution is 2.17. The lowest BCUT2D eigenvalue weighted by molar-refractivity contribution is -0.115. The summed E-state index contributed by atoms with van der Waals surface area (Å²) < 4.78 is 26.5. The summed E-state index contributed by atoms with van der Waals surface area (Å²) in [6, 6.07) is 14.6. The minimum atomic E-state index is -3.78. The van der Waals surface area contributed by atoms with Crippen LogP contribution in [0.25, 0.3) is 10.9 Å². The Morgan fingerprint density at radius 2 is 1.84 bits per heavy atom. The van der Waals surface area contributed by atoms with Gasteiger partial charge in [0, 0.05) is 22.3 Å². The number of hydrogen-bond donors (Lipinski definition) is 2. The van der Waals surface area contributed by atoms with Crippen molar-refractivity contribution in [2.24, 2.45) is 0 Å². The van der Waals surface area contributed by atoms with Gasteiger partial charge in [-0.25, -0.2) is 13.1 Å². The Morgan fingerprint density at radius 3 is 2.60 bits per heavy atom. The third kappa shape index (κ3) is 4.33. The number of nitrogens with one attached hydrogen (secondary N) is 2. The van der Waals surface area contributed by atoms with Crippen molar-refractivity contribution >= 4 is 44.1 Å². The summed E-state index contributed by atoms with van der Waals surface area (Å²) in [6.45, 7) is -0.379. The van der Waals surface area contributed by atoms with Crippen LogP contribution in [-0.4, -0.2) is 25.9 Å². The van der Waals surface area contributed by atoms with E-state index in [0.717, 1.165) is 10.9 Å². The molecule has 128 valence electrons. The van der Waals surface area contributed by atoms with Gasteiger partial charge >= 0.3 is 0 Å². The van der Waals surface area contributed by atoms with E-state index in [1.54, 1.807) is 30.5 Å². The van der Waals surface area contributed by atoms with Crippen LogP contribution in [0.3, 0.4) is 0 Å². The van der Waals surface area contributed by atoms with E-state index in [1.165, 1.54) is 24.3 Å². The van der Waals surface area contributed by atoms with E-state index in [4.69, 9.17) is 11.6 Å². The van der Waals surface area contributed by atoms with Crippen molar-refractivity contribution in [2.75, 3.05) is 11.9 Å². The van der Waals surface area contributed by atoms with Gasteiger partial charge in [-0.2, -0.15) is 0 Å². The van der Waals surface area contributed by atoms with E-state index >= 15 is 0 Å². The quantitative estimate of drug-likeness (QED) is 0.717. The van der Waals surface area contributed by atoms with Crippen molar-refractivity contribution in [3.63, 3.8) is 0 Å². The van der Waals surface area contributed by atoms with Crippen LogP contribution >= 0.6 is 11.6 Å². The first-order chi connectivity index (χ1) is 11.9. The van der Waals surface area contributed by atoms with Crippen molar-refractivity contribution in [1.29, 1.82) is 0 Å². The minimum Gasteiger partial charge on any atom is -0.325 e. The van der Waals surface area contributed by atoms with Crippen LogP contribution in [0.1, 0.15) is 0 Å². The predicted octanol–water partition coefficient (Wildman–Crippen LogP) is 2.81. The van der Waals surface area contributed by atoms with Crippen molar-refractivity contribution < 1.29 is 13.2 Å². The van der Waals surface area contributed by atoms with Crippen molar-refractivity contribution in [1.82, 2.24) is 9.71 Å². The summed E-state index contributed by atoms with van der Waals surface area (Å²) in [5, 5.41) is 3.96. The standard InChI is InChI=1S/C17H14ClN3O3S/c18-13-3-6-15(7-4-13)25(23,24)20-11-17(22)21-14-5-8-16-12(10-14)2-1-9-19-16/h1-10,20H,11H2,(H,21,22). The third-order valence-corrected chi connectivity index (χ3v) is 5.10. The lowest BCUT2D eigenvalue weighted by Crippen LogP contribution is -2.32. The largest absolute Gasteiger partial charge is 0.325 e. The molecular weight excluding hydrogens is 362 g/mol. The van der Waals surface area contributed by atoms with Crippen LogP contribution in [0.4, 0.5) is 5.69 Å². The summed E-state index contributed by atoms with van der Waals surface area (Å²) in [7, 11) is -3.78. The molecule has 0 radical (unpaired) electrons. The maximum absolute atomic E-state index is 12.1. The Balaban J connectivity index is 1.64. The number of carbonyl (C=O) groups excluding carboxylic acids is 1. The summed E-state index contributed by atoms with van der Waals surface area (Å²) in [4.78, 5) is 16.2. The Bertz CT molecular complexity index is 1020. The number of halogens is 1. The molecule has 1 aromatic heterocycles. The summed E-state index contributed by atoms with van der Waals surface area (Å²) in [5.74, 6) is -0.472. The molecule has 3 aromatic rings. The molecule has 0 unspecified atom stereocenters. The van der Waals surface area contributed by atoms with Gasteiger partial charge in [-0.1, -0.05) is 17.7 Å². The van der Waals surface area contributed by atoms with Gasteiger partial charge in [0.2, 0.25) is 15.9 Å². The predicted molar refractivity (Wildman–Crippen MR) is 97.0 cm³/mol. The number of amides is 1. The van der Waals surface area contributed by atoms with E-state index in [0.29, 0.717) is 10.7 Å². The zero-order valence-corrected chi connectivity index (χ0v) is 14.5. The van der Waals surface area contributed by atoms with E-state index in [9.17, 15) is 13.2 Å². The fourth-order valence-electron chi connectivity index (χ4n) is 2.22. The van der Waals surface area contributed by atoms with Gasteiger partial charge in [0.1, 0.15) is 0 Å². The fourth-order valence-corrected chi connectivity index (χ4v) is 3.32. The van der Waals surface area contributed by atoms with Crippen molar-refractivity contribution in [3.8, 4) is 0 Å². The van der Waals surface area contributed by atoms with Crippen LogP contribution < -0.4 is 10.0 Å². The number of pyridine rings is 1. The first kappa shape index (κ1) is 17.3. The molecule has 0 saturated heterocycles. The number of aromatic nitrogens is 1. The first-order valence-corrected chi connectivity index (χ1v) is 9.20. The highest BCUT2D eigenvalue weighted by molar-refractivity contribution is 7.89. The molecule has 0 saturated carbocycles. The van der Waals surface area contributed by atoms with Crippen molar-refractivity contribution in [2.45, 2.75) is 4.90 Å². The molecule has 6 nitrogen and oxygen atoms in total. The highest BCUT2D eigenvalue weighted by Gasteiger charge is 2.15. The summed E-state index contributed by atoms with van der Waals surface area (Å²) >= 11 is 5.74. The van der Waals surface area contributed by atoms with Crippen LogP contribution in [-0.2, 0) is 14.8 Å². The topological polar surface area (TPSA) is 88.2 Å². The van der Waals surface area contributed by atoms with Gasteiger partial charge in [-0.05, 0) is 48.5 Å². The van der Waals surface area contributed by atoms with Gasteiger partial charge in [0.15, 0.2) is 0 Å². The lowest BCUT2D eigenvalue weighted by Gasteiger charge is -2.08. The first-order valence-electron chi connectivity index (χ1n) is 7.34. The van der Waals surface area contributed by atoms with E-state index < -0.39 is 15.9 Å². The SMILES string of the molecule is O=C(CNS(=O)(=O)c1ccc(Cl)cc1)Nc1ccc2ncccc2c1. The van der Waals surface area contributed by atoms with Crippen LogP contribution in [0.5, 0.6) is 0 Å². The smallest absolute Gasteiger partial charge is 0.241 e. The Hall–Kier alpha value is -2.48. The van der Waals surface area contributed by atoms with Gasteiger partial charge in [0.05, 0.1) is 17.0 Å². The second-order valence-electron chi connectivity index (χ2n) is 5.24. The maximum atomic E-state index is 12.1. The molecule has 25 heavy (non-hydrogen) atoms. The molecule has 0 atom stereocenters. The number of anilines is 1. The lowest BCUT2D eigenvalue weighted by atomic mass is 10.2. The molecule has 0 aliphatic heterocycles. The molecule has 1 heterocycles. The molecule has 2 aromatic carbocycles. The summed E-state index contributed by atoms with van der Waals surface area (Å²) in [5.41, 5.74) is 1.38. The van der Waals surface area contributed by atoms with E-state index in [1.807, 2.05) is 6.07 Å². The molecule has 3 rings (SSSR count). The van der Waals surface area contributed by atoms with Crippen molar-refractivity contribution in [3.05, 3.63) is 65.8 Å². The molecular formula is C17H14ClN3O3S. The van der Waals surface area contributed by atoms with E-state index in [2.05, 4.69) is 15.0 Å². The second-order valence-corrected chi connectivity index (χ2v) is 7.44. The van der Waals surface area contributed by atoms with Crippen LogP contribution in [0.15, 0.2) is 65.7 Å². The number of nitrogens with zero attached hydrogens (tertiary/aromatic N) is 1. The number of hydrogen-bond acceptors (Lipinski definition) is 4. The molecule has 1 amide bonds. The second kappa shape index (κ2) is 7.18.